The third-order valence-electron chi connectivity index (χ3n) is 4.48. The Morgan fingerprint density at radius 3 is 2.09 bits per heavy atom. The number of nitrogens with zero attached hydrogens (tertiary/aromatic N) is 3. The summed E-state index contributed by atoms with van der Waals surface area (Å²) in [7, 11) is -3.41. The van der Waals surface area contributed by atoms with E-state index in [1.54, 1.807) is 21.3 Å². The van der Waals surface area contributed by atoms with Crippen LogP contribution in [-0.2, 0) is 10.2 Å². The van der Waals surface area contributed by atoms with E-state index in [-0.39, 0.29) is 5.91 Å². The van der Waals surface area contributed by atoms with Crippen LogP contribution in [0.15, 0.2) is 22.8 Å². The van der Waals surface area contributed by atoms with Crippen molar-refractivity contribution >= 4 is 16.1 Å². The van der Waals surface area contributed by atoms with Crippen LogP contribution in [0, 0.1) is 0 Å². The van der Waals surface area contributed by atoms with Crippen molar-refractivity contribution in [1.82, 2.24) is 13.5 Å². The van der Waals surface area contributed by atoms with Gasteiger partial charge in [-0.05, 0) is 25.0 Å². The number of furan rings is 1. The van der Waals surface area contributed by atoms with Gasteiger partial charge in [0.25, 0.3) is 16.1 Å². The molecule has 0 bridgehead atoms. The van der Waals surface area contributed by atoms with E-state index >= 15 is 0 Å². The topological polar surface area (TPSA) is 74.1 Å². The van der Waals surface area contributed by atoms with Gasteiger partial charge >= 0.3 is 0 Å². The van der Waals surface area contributed by atoms with Crippen molar-refractivity contribution in [2.24, 2.45) is 0 Å². The first-order chi connectivity index (χ1) is 11.1. The summed E-state index contributed by atoms with van der Waals surface area (Å²) in [4.78, 5) is 13.9. The number of rotatable bonds is 3. The molecule has 3 rings (SSSR count). The number of amides is 1. The summed E-state index contributed by atoms with van der Waals surface area (Å²) < 4.78 is 33.7. The molecule has 0 atom stereocenters. The van der Waals surface area contributed by atoms with Gasteiger partial charge in [0.1, 0.15) is 0 Å². The number of carbonyl (C=O) groups excluding carboxylic acids is 1. The van der Waals surface area contributed by atoms with Gasteiger partial charge in [0, 0.05) is 39.3 Å². The zero-order valence-electron chi connectivity index (χ0n) is 13.2. The Bertz CT molecular complexity index is 613. The van der Waals surface area contributed by atoms with Crippen LogP contribution >= 0.6 is 0 Å². The molecule has 2 fully saturated rings. The first-order valence-electron chi connectivity index (χ1n) is 8.17. The van der Waals surface area contributed by atoms with E-state index in [0.717, 1.165) is 25.7 Å². The maximum atomic E-state index is 12.7. The second-order valence-electron chi connectivity index (χ2n) is 5.99. The van der Waals surface area contributed by atoms with E-state index in [2.05, 4.69) is 0 Å². The summed E-state index contributed by atoms with van der Waals surface area (Å²) in [6, 6.07) is 3.30. The predicted molar refractivity (Wildman–Crippen MR) is 85.1 cm³/mol. The standard InChI is InChI=1S/C15H23N3O4S/c19-15(14-6-5-13-22-14)16-9-11-18(12-10-16)23(20,21)17-7-3-1-2-4-8-17/h5-6,13H,1-4,7-12H2. The van der Waals surface area contributed by atoms with Crippen LogP contribution in [0.25, 0.3) is 0 Å². The highest BCUT2D eigenvalue weighted by atomic mass is 32.2. The second kappa shape index (κ2) is 7.02. The second-order valence-corrected chi connectivity index (χ2v) is 7.92. The summed E-state index contributed by atoms with van der Waals surface area (Å²) in [6.07, 6.45) is 5.51. The highest BCUT2D eigenvalue weighted by Crippen LogP contribution is 2.18. The Kier molecular flexibility index (Phi) is 5.03. The molecule has 2 saturated heterocycles. The largest absolute Gasteiger partial charge is 0.459 e. The first kappa shape index (κ1) is 16.5. The van der Waals surface area contributed by atoms with Crippen LogP contribution in [0.1, 0.15) is 36.2 Å². The highest BCUT2D eigenvalue weighted by molar-refractivity contribution is 7.86. The van der Waals surface area contributed by atoms with E-state index < -0.39 is 10.2 Å². The molecule has 0 aromatic carbocycles. The van der Waals surface area contributed by atoms with Gasteiger partial charge in [0.15, 0.2) is 5.76 Å². The average molecular weight is 341 g/mol. The Balaban J connectivity index is 1.60. The molecule has 0 saturated carbocycles. The maximum Gasteiger partial charge on any atom is 0.289 e. The molecular weight excluding hydrogens is 318 g/mol. The summed E-state index contributed by atoms with van der Waals surface area (Å²) in [5.41, 5.74) is 0. The first-order valence-corrected chi connectivity index (χ1v) is 9.57. The Morgan fingerprint density at radius 1 is 0.913 bits per heavy atom. The molecule has 1 aromatic heterocycles. The average Bonchev–Trinajstić information content (AvgIpc) is 2.96. The third-order valence-corrected chi connectivity index (χ3v) is 6.51. The lowest BCUT2D eigenvalue weighted by molar-refractivity contribution is 0.0662. The predicted octanol–water partition coefficient (Wildman–Crippen LogP) is 1.16. The molecule has 3 heterocycles. The number of piperazine rings is 1. The minimum atomic E-state index is -3.41. The summed E-state index contributed by atoms with van der Waals surface area (Å²) >= 11 is 0. The lowest BCUT2D eigenvalue weighted by Crippen LogP contribution is -2.54. The molecule has 0 aliphatic carbocycles. The summed E-state index contributed by atoms with van der Waals surface area (Å²) in [5.74, 6) is 0.121. The lowest BCUT2D eigenvalue weighted by Gasteiger charge is -2.36. The van der Waals surface area contributed by atoms with Crippen molar-refractivity contribution < 1.29 is 17.6 Å². The molecule has 1 amide bonds. The smallest absolute Gasteiger partial charge is 0.289 e. The molecule has 2 aliphatic rings. The highest BCUT2D eigenvalue weighted by Gasteiger charge is 2.34. The Morgan fingerprint density at radius 2 is 1.52 bits per heavy atom. The van der Waals surface area contributed by atoms with E-state index in [9.17, 15) is 13.2 Å². The van der Waals surface area contributed by atoms with E-state index in [4.69, 9.17) is 4.42 Å². The van der Waals surface area contributed by atoms with E-state index in [1.165, 1.54) is 10.6 Å². The molecule has 128 valence electrons. The fourth-order valence-corrected chi connectivity index (χ4v) is 4.78. The number of hydrogen-bond acceptors (Lipinski definition) is 4. The van der Waals surface area contributed by atoms with Crippen LogP contribution in [0.5, 0.6) is 0 Å². The van der Waals surface area contributed by atoms with Gasteiger partial charge in [-0.3, -0.25) is 4.79 Å². The van der Waals surface area contributed by atoms with Crippen LogP contribution in [0.3, 0.4) is 0 Å². The molecule has 0 radical (unpaired) electrons. The molecule has 7 nitrogen and oxygen atoms in total. The number of hydrogen-bond donors (Lipinski definition) is 0. The van der Waals surface area contributed by atoms with Crippen molar-refractivity contribution in [3.8, 4) is 0 Å². The molecular formula is C15H23N3O4S. The van der Waals surface area contributed by atoms with Gasteiger partial charge in [0.2, 0.25) is 0 Å². The quantitative estimate of drug-likeness (QED) is 0.827. The van der Waals surface area contributed by atoms with E-state index in [0.29, 0.717) is 45.0 Å². The molecule has 23 heavy (non-hydrogen) atoms. The van der Waals surface area contributed by atoms with Crippen LogP contribution in [0.4, 0.5) is 0 Å². The molecule has 0 unspecified atom stereocenters. The monoisotopic (exact) mass is 341 g/mol. The van der Waals surface area contributed by atoms with Gasteiger partial charge in [0.05, 0.1) is 6.26 Å². The van der Waals surface area contributed by atoms with Crippen molar-refractivity contribution in [3.63, 3.8) is 0 Å². The lowest BCUT2D eigenvalue weighted by atomic mass is 10.2. The fourth-order valence-electron chi connectivity index (χ4n) is 3.11. The van der Waals surface area contributed by atoms with Gasteiger partial charge < -0.3 is 9.32 Å². The molecule has 1 aromatic rings. The molecule has 8 heteroatoms. The van der Waals surface area contributed by atoms with Gasteiger partial charge in [-0.1, -0.05) is 12.8 Å². The minimum Gasteiger partial charge on any atom is -0.459 e. The number of carbonyl (C=O) groups is 1. The zero-order valence-corrected chi connectivity index (χ0v) is 14.0. The van der Waals surface area contributed by atoms with Crippen LogP contribution < -0.4 is 0 Å². The maximum absolute atomic E-state index is 12.7. The summed E-state index contributed by atoms with van der Waals surface area (Å²) in [6.45, 7) is 2.68. The van der Waals surface area contributed by atoms with Gasteiger partial charge in [-0.2, -0.15) is 17.0 Å². The third kappa shape index (κ3) is 3.59. The normalized spacial score (nSPS) is 22.0. The molecule has 2 aliphatic heterocycles. The SMILES string of the molecule is O=C(c1ccco1)N1CCN(S(=O)(=O)N2CCCCCC2)CC1. The van der Waals surface area contributed by atoms with Crippen molar-refractivity contribution in [3.05, 3.63) is 24.2 Å². The van der Waals surface area contributed by atoms with Gasteiger partial charge in [-0.15, -0.1) is 0 Å². The van der Waals surface area contributed by atoms with Crippen molar-refractivity contribution in [1.29, 1.82) is 0 Å². The zero-order chi connectivity index (χ0) is 16.3. The van der Waals surface area contributed by atoms with Crippen LogP contribution in [-0.4, -0.2) is 67.1 Å². The van der Waals surface area contributed by atoms with E-state index in [1.807, 2.05) is 0 Å². The van der Waals surface area contributed by atoms with Crippen LogP contribution in [0.2, 0.25) is 0 Å². The molecule has 0 spiro atoms. The molecule has 0 N–H and O–H groups in total. The summed E-state index contributed by atoms with van der Waals surface area (Å²) in [5, 5.41) is 0. The fraction of sp³-hybridized carbons (Fsp3) is 0.667. The van der Waals surface area contributed by atoms with Crippen molar-refractivity contribution in [2.75, 3.05) is 39.3 Å². The van der Waals surface area contributed by atoms with Gasteiger partial charge in [-0.25, -0.2) is 0 Å². The minimum absolute atomic E-state index is 0.179. The van der Waals surface area contributed by atoms with Crippen molar-refractivity contribution in [2.45, 2.75) is 25.7 Å². The Labute approximate surface area is 137 Å². The Hall–Kier alpha value is -1.38.